The Morgan fingerprint density at radius 1 is 1.05 bits per heavy atom. The molecule has 4 nitrogen and oxygen atoms in total. The summed E-state index contributed by atoms with van der Waals surface area (Å²) in [6.07, 6.45) is 1.21. The molecule has 0 saturated heterocycles. The van der Waals surface area contributed by atoms with Crippen molar-refractivity contribution in [1.29, 1.82) is 0 Å². The van der Waals surface area contributed by atoms with E-state index in [4.69, 9.17) is 5.73 Å². The van der Waals surface area contributed by atoms with Gasteiger partial charge in [0.05, 0.1) is 11.4 Å². The van der Waals surface area contributed by atoms with Crippen molar-refractivity contribution in [2.24, 2.45) is 0 Å². The Labute approximate surface area is 125 Å². The first-order chi connectivity index (χ1) is 10.1. The maximum atomic E-state index is 12.6. The van der Waals surface area contributed by atoms with E-state index in [1.54, 1.807) is 6.07 Å². The third-order valence-corrected chi connectivity index (χ3v) is 5.62. The number of nitrogen functional groups attached to an aromatic ring is 1. The van der Waals surface area contributed by atoms with Crippen LogP contribution in [-0.2, 0) is 22.9 Å². The Bertz CT molecular complexity index is 742. The highest BCUT2D eigenvalue weighted by Crippen LogP contribution is 2.34. The molecule has 0 bridgehead atoms. The molecule has 0 radical (unpaired) electrons. The quantitative estimate of drug-likeness (QED) is 0.881. The average Bonchev–Trinajstić information content (AvgIpc) is 2.93. The summed E-state index contributed by atoms with van der Waals surface area (Å²) in [5.74, 6) is 0.116. The summed E-state index contributed by atoms with van der Waals surface area (Å²) < 4.78 is 26.6. The lowest BCUT2D eigenvalue weighted by molar-refractivity contribution is 0.591. The molecule has 1 heterocycles. The minimum atomic E-state index is -3.31. The summed E-state index contributed by atoms with van der Waals surface area (Å²) >= 11 is 0. The smallest absolute Gasteiger partial charge is 0.235 e. The van der Waals surface area contributed by atoms with Crippen LogP contribution in [0, 0.1) is 0 Å². The molecule has 0 amide bonds. The summed E-state index contributed by atoms with van der Waals surface area (Å²) in [5, 5.41) is 0. The highest BCUT2D eigenvalue weighted by Gasteiger charge is 2.29. The van der Waals surface area contributed by atoms with Crippen molar-refractivity contribution >= 4 is 21.4 Å². The number of anilines is 2. The predicted molar refractivity (Wildman–Crippen MR) is 85.8 cm³/mol. The molecule has 0 atom stereocenters. The maximum Gasteiger partial charge on any atom is 0.235 e. The normalized spacial score (nSPS) is 14.2. The third-order valence-electron chi connectivity index (χ3n) is 3.85. The molecule has 0 spiro atoms. The minimum absolute atomic E-state index is 0.116. The molecule has 0 saturated carbocycles. The number of hydrogen-bond acceptors (Lipinski definition) is 3. The molecule has 5 heteroatoms. The number of aryl methyl sites for hydroxylation is 1. The Kier molecular flexibility index (Phi) is 3.59. The van der Waals surface area contributed by atoms with Gasteiger partial charge in [0.1, 0.15) is 0 Å². The molecule has 2 N–H and O–H groups in total. The Morgan fingerprint density at radius 3 is 2.57 bits per heavy atom. The number of sulfonamides is 1. The van der Waals surface area contributed by atoms with Gasteiger partial charge in [0.2, 0.25) is 10.0 Å². The first-order valence-corrected chi connectivity index (χ1v) is 8.60. The standard InChI is InChI=1S/C16H18N2O2S/c17-15-7-4-8-16-14(15)9-11-18(16)21(19,20)12-10-13-5-2-1-3-6-13/h1-8H,9-12,17H2. The van der Waals surface area contributed by atoms with E-state index in [1.165, 1.54) is 4.31 Å². The lowest BCUT2D eigenvalue weighted by Gasteiger charge is -2.19. The lowest BCUT2D eigenvalue weighted by Crippen LogP contribution is -2.32. The van der Waals surface area contributed by atoms with Gasteiger partial charge in [-0.25, -0.2) is 8.42 Å². The van der Waals surface area contributed by atoms with Gasteiger partial charge in [0, 0.05) is 17.8 Å². The van der Waals surface area contributed by atoms with E-state index in [-0.39, 0.29) is 5.75 Å². The predicted octanol–water partition coefficient (Wildman–Crippen LogP) is 2.20. The highest BCUT2D eigenvalue weighted by atomic mass is 32.2. The summed E-state index contributed by atoms with van der Waals surface area (Å²) in [6, 6.07) is 15.1. The second-order valence-corrected chi connectivity index (χ2v) is 7.23. The van der Waals surface area contributed by atoms with Crippen LogP contribution in [-0.4, -0.2) is 20.7 Å². The second-order valence-electron chi connectivity index (χ2n) is 5.22. The Morgan fingerprint density at radius 2 is 1.81 bits per heavy atom. The summed E-state index contributed by atoms with van der Waals surface area (Å²) in [7, 11) is -3.31. The van der Waals surface area contributed by atoms with Gasteiger partial charge in [0.25, 0.3) is 0 Å². The molecule has 1 aliphatic rings. The van der Waals surface area contributed by atoms with Crippen LogP contribution in [0.3, 0.4) is 0 Å². The molecular formula is C16H18N2O2S. The Balaban J connectivity index is 1.80. The number of hydrogen-bond donors (Lipinski definition) is 1. The topological polar surface area (TPSA) is 63.4 Å². The zero-order chi connectivity index (χ0) is 14.9. The molecule has 2 aromatic carbocycles. The van der Waals surface area contributed by atoms with Crippen molar-refractivity contribution in [1.82, 2.24) is 0 Å². The van der Waals surface area contributed by atoms with Gasteiger partial charge < -0.3 is 5.73 Å². The molecule has 2 aromatic rings. The van der Waals surface area contributed by atoms with Crippen LogP contribution in [0.4, 0.5) is 11.4 Å². The van der Waals surface area contributed by atoms with E-state index in [1.807, 2.05) is 42.5 Å². The van der Waals surface area contributed by atoms with Crippen LogP contribution in [0.25, 0.3) is 0 Å². The zero-order valence-corrected chi connectivity index (χ0v) is 12.5. The van der Waals surface area contributed by atoms with Crippen LogP contribution in [0.2, 0.25) is 0 Å². The molecule has 1 aliphatic heterocycles. The van der Waals surface area contributed by atoms with Crippen molar-refractivity contribution in [3.05, 3.63) is 59.7 Å². The second kappa shape index (κ2) is 5.41. The molecule has 0 unspecified atom stereocenters. The summed E-state index contributed by atoms with van der Waals surface area (Å²) in [4.78, 5) is 0. The molecular weight excluding hydrogens is 284 g/mol. The minimum Gasteiger partial charge on any atom is -0.398 e. The van der Waals surface area contributed by atoms with Crippen LogP contribution >= 0.6 is 0 Å². The van der Waals surface area contributed by atoms with Gasteiger partial charge in [0.15, 0.2) is 0 Å². The molecule has 21 heavy (non-hydrogen) atoms. The SMILES string of the molecule is Nc1cccc2c1CCN2S(=O)(=O)CCc1ccccc1. The van der Waals surface area contributed by atoms with E-state index in [2.05, 4.69) is 0 Å². The highest BCUT2D eigenvalue weighted by molar-refractivity contribution is 7.92. The molecule has 3 rings (SSSR count). The summed E-state index contributed by atoms with van der Waals surface area (Å²) in [6.45, 7) is 0.487. The van der Waals surface area contributed by atoms with Crippen molar-refractivity contribution in [3.8, 4) is 0 Å². The lowest BCUT2D eigenvalue weighted by atomic mass is 10.1. The van der Waals surface area contributed by atoms with Gasteiger partial charge in [-0.05, 0) is 30.5 Å². The van der Waals surface area contributed by atoms with E-state index in [0.29, 0.717) is 25.1 Å². The number of benzene rings is 2. The van der Waals surface area contributed by atoms with Gasteiger partial charge in [-0.3, -0.25) is 4.31 Å². The van der Waals surface area contributed by atoms with Gasteiger partial charge in [-0.1, -0.05) is 36.4 Å². The fourth-order valence-electron chi connectivity index (χ4n) is 2.72. The van der Waals surface area contributed by atoms with Gasteiger partial charge in [-0.2, -0.15) is 0 Å². The third kappa shape index (κ3) is 2.74. The number of nitrogens with zero attached hydrogens (tertiary/aromatic N) is 1. The van der Waals surface area contributed by atoms with Gasteiger partial charge in [-0.15, -0.1) is 0 Å². The molecule has 0 fully saturated rings. The maximum absolute atomic E-state index is 12.6. The Hall–Kier alpha value is -2.01. The van der Waals surface area contributed by atoms with Gasteiger partial charge >= 0.3 is 0 Å². The first-order valence-electron chi connectivity index (χ1n) is 6.99. The fraction of sp³-hybridized carbons (Fsp3) is 0.250. The first kappa shape index (κ1) is 13.9. The van der Waals surface area contributed by atoms with Crippen molar-refractivity contribution in [2.45, 2.75) is 12.8 Å². The zero-order valence-electron chi connectivity index (χ0n) is 11.7. The van der Waals surface area contributed by atoms with Crippen molar-refractivity contribution < 1.29 is 8.42 Å². The number of nitrogens with two attached hydrogens (primary N) is 1. The molecule has 110 valence electrons. The number of fused-ring (bicyclic) bond motifs is 1. The van der Waals surface area contributed by atoms with Crippen LogP contribution in [0.1, 0.15) is 11.1 Å². The largest absolute Gasteiger partial charge is 0.398 e. The van der Waals surface area contributed by atoms with E-state index in [0.717, 1.165) is 16.8 Å². The fourth-order valence-corrected chi connectivity index (χ4v) is 4.28. The molecule has 0 aliphatic carbocycles. The van der Waals surface area contributed by atoms with Crippen LogP contribution < -0.4 is 10.0 Å². The van der Waals surface area contributed by atoms with E-state index < -0.39 is 10.0 Å². The van der Waals surface area contributed by atoms with Crippen molar-refractivity contribution in [3.63, 3.8) is 0 Å². The number of rotatable bonds is 4. The monoisotopic (exact) mass is 302 g/mol. The van der Waals surface area contributed by atoms with Crippen LogP contribution in [0.5, 0.6) is 0 Å². The molecule has 0 aromatic heterocycles. The summed E-state index contributed by atoms with van der Waals surface area (Å²) in [5.41, 5.74) is 9.31. The van der Waals surface area contributed by atoms with Crippen LogP contribution in [0.15, 0.2) is 48.5 Å². The van der Waals surface area contributed by atoms with E-state index >= 15 is 0 Å². The van der Waals surface area contributed by atoms with Crippen molar-refractivity contribution in [2.75, 3.05) is 22.3 Å². The van der Waals surface area contributed by atoms with E-state index in [9.17, 15) is 8.42 Å². The average molecular weight is 302 g/mol.